The summed E-state index contributed by atoms with van der Waals surface area (Å²) in [6.07, 6.45) is 1.11. The van der Waals surface area contributed by atoms with Gasteiger partial charge >= 0.3 is 5.97 Å². The second-order valence-electron chi connectivity index (χ2n) is 4.82. The highest BCUT2D eigenvalue weighted by Crippen LogP contribution is 2.24. The number of hydrogen-bond donors (Lipinski definition) is 1. The maximum atomic E-state index is 12.4. The van der Waals surface area contributed by atoms with Gasteiger partial charge in [0.1, 0.15) is 6.61 Å². The maximum absolute atomic E-state index is 12.4. The number of likely N-dealkylation sites (tertiary alicyclic amines) is 1. The van der Waals surface area contributed by atoms with Crippen LogP contribution < -0.4 is 0 Å². The van der Waals surface area contributed by atoms with Gasteiger partial charge in [-0.15, -0.1) is 0 Å². The van der Waals surface area contributed by atoms with Crippen molar-refractivity contribution in [2.45, 2.75) is 18.9 Å². The largest absolute Gasteiger partial charge is 0.480 e. The van der Waals surface area contributed by atoms with Crippen LogP contribution in [-0.2, 0) is 9.53 Å². The van der Waals surface area contributed by atoms with Gasteiger partial charge in [0.05, 0.1) is 16.7 Å². The van der Waals surface area contributed by atoms with Crippen LogP contribution in [0.15, 0.2) is 18.2 Å². The van der Waals surface area contributed by atoms with Crippen molar-refractivity contribution in [1.29, 1.82) is 0 Å². The quantitative estimate of drug-likeness (QED) is 0.921. The Hall–Kier alpha value is -1.30. The second kappa shape index (κ2) is 7.11. The zero-order chi connectivity index (χ0) is 15.4. The molecule has 1 aliphatic heterocycles. The monoisotopic (exact) mass is 331 g/mol. The van der Waals surface area contributed by atoms with Gasteiger partial charge in [-0.25, -0.2) is 4.79 Å². The number of halogens is 2. The Morgan fingerprint density at radius 1 is 1.29 bits per heavy atom. The van der Waals surface area contributed by atoms with Crippen LogP contribution in [0.2, 0.25) is 10.0 Å². The third-order valence-corrected chi connectivity index (χ3v) is 3.88. The van der Waals surface area contributed by atoms with E-state index < -0.39 is 5.97 Å². The summed E-state index contributed by atoms with van der Waals surface area (Å²) in [5.41, 5.74) is 0.422. The molecule has 0 aliphatic carbocycles. The van der Waals surface area contributed by atoms with Crippen LogP contribution in [0.3, 0.4) is 0 Å². The number of hydrogen-bond acceptors (Lipinski definition) is 3. The van der Waals surface area contributed by atoms with E-state index in [0.717, 1.165) is 0 Å². The number of nitrogens with zero attached hydrogens (tertiary/aromatic N) is 1. The normalized spacial score (nSPS) is 16.0. The minimum absolute atomic E-state index is 0.120. The maximum Gasteiger partial charge on any atom is 0.329 e. The zero-order valence-corrected chi connectivity index (χ0v) is 12.7. The van der Waals surface area contributed by atoms with Crippen molar-refractivity contribution in [1.82, 2.24) is 4.90 Å². The lowest BCUT2D eigenvalue weighted by molar-refractivity contribution is -0.145. The molecule has 0 unspecified atom stereocenters. The fourth-order valence-electron chi connectivity index (χ4n) is 2.25. The predicted molar refractivity (Wildman–Crippen MR) is 79.0 cm³/mol. The van der Waals surface area contributed by atoms with Crippen LogP contribution >= 0.6 is 23.2 Å². The average molecular weight is 332 g/mol. The van der Waals surface area contributed by atoms with Gasteiger partial charge in [-0.1, -0.05) is 23.2 Å². The topological polar surface area (TPSA) is 66.8 Å². The minimum atomic E-state index is -0.985. The molecule has 0 radical (unpaired) electrons. The van der Waals surface area contributed by atoms with E-state index >= 15 is 0 Å². The van der Waals surface area contributed by atoms with E-state index in [9.17, 15) is 9.59 Å². The number of amides is 1. The number of carboxylic acid groups (broad SMARTS) is 1. The van der Waals surface area contributed by atoms with E-state index in [2.05, 4.69) is 0 Å². The summed E-state index contributed by atoms with van der Waals surface area (Å²) in [5.74, 6) is -1.13. The van der Waals surface area contributed by atoms with Gasteiger partial charge in [0.25, 0.3) is 5.91 Å². The fraction of sp³-hybridized carbons (Fsp3) is 0.429. The van der Waals surface area contributed by atoms with Gasteiger partial charge < -0.3 is 14.7 Å². The van der Waals surface area contributed by atoms with Crippen molar-refractivity contribution < 1.29 is 19.4 Å². The SMILES string of the molecule is O=C(O)COC1CCN(C(=O)c2ccc(Cl)cc2Cl)CC1. The molecular weight excluding hydrogens is 317 g/mol. The summed E-state index contributed by atoms with van der Waals surface area (Å²) in [6, 6.07) is 4.78. The predicted octanol–water partition coefficient (Wildman–Crippen LogP) is 2.70. The number of carboxylic acids is 1. The molecule has 0 saturated carbocycles. The number of ether oxygens (including phenoxy) is 1. The summed E-state index contributed by atoms with van der Waals surface area (Å²) in [7, 11) is 0. The third kappa shape index (κ3) is 4.33. The van der Waals surface area contributed by atoms with Crippen molar-refractivity contribution in [2.24, 2.45) is 0 Å². The average Bonchev–Trinajstić information content (AvgIpc) is 2.45. The van der Waals surface area contributed by atoms with Crippen molar-refractivity contribution >= 4 is 35.1 Å². The van der Waals surface area contributed by atoms with Crippen molar-refractivity contribution in [2.75, 3.05) is 19.7 Å². The van der Waals surface area contributed by atoms with Crippen LogP contribution in [0.25, 0.3) is 0 Å². The molecule has 1 aliphatic rings. The Morgan fingerprint density at radius 2 is 1.95 bits per heavy atom. The number of benzene rings is 1. The van der Waals surface area contributed by atoms with E-state index in [4.69, 9.17) is 33.0 Å². The van der Waals surface area contributed by atoms with Gasteiger partial charge in [-0.2, -0.15) is 0 Å². The lowest BCUT2D eigenvalue weighted by atomic mass is 10.1. The Morgan fingerprint density at radius 3 is 2.52 bits per heavy atom. The first-order chi connectivity index (χ1) is 9.97. The van der Waals surface area contributed by atoms with Gasteiger partial charge in [0.2, 0.25) is 0 Å². The second-order valence-corrected chi connectivity index (χ2v) is 5.66. The van der Waals surface area contributed by atoms with Crippen LogP contribution in [0.4, 0.5) is 0 Å². The van der Waals surface area contributed by atoms with E-state index in [-0.39, 0.29) is 18.6 Å². The Balaban J connectivity index is 1.92. The van der Waals surface area contributed by atoms with Gasteiger partial charge in [-0.3, -0.25) is 4.79 Å². The summed E-state index contributed by atoms with van der Waals surface area (Å²) in [6.45, 7) is 0.728. The molecule has 1 saturated heterocycles. The molecule has 5 nitrogen and oxygen atoms in total. The Bertz CT molecular complexity index is 542. The molecule has 1 aromatic carbocycles. The Kier molecular flexibility index (Phi) is 5.45. The van der Waals surface area contributed by atoms with Crippen molar-refractivity contribution in [3.63, 3.8) is 0 Å². The minimum Gasteiger partial charge on any atom is -0.480 e. The molecule has 2 rings (SSSR count). The standard InChI is InChI=1S/C14H15Cl2NO4/c15-9-1-2-11(12(16)7-9)14(20)17-5-3-10(4-6-17)21-8-13(18)19/h1-2,7,10H,3-6,8H2,(H,18,19). The number of piperidine rings is 1. The highest BCUT2D eigenvalue weighted by atomic mass is 35.5. The Labute approximate surface area is 132 Å². The van der Waals surface area contributed by atoms with E-state index in [1.807, 2.05) is 0 Å². The van der Waals surface area contributed by atoms with Gasteiger partial charge in [-0.05, 0) is 31.0 Å². The first kappa shape index (κ1) is 16.1. The molecule has 0 spiro atoms. The summed E-state index contributed by atoms with van der Waals surface area (Å²) in [4.78, 5) is 24.5. The summed E-state index contributed by atoms with van der Waals surface area (Å²) in [5, 5.41) is 9.38. The van der Waals surface area contributed by atoms with Crippen LogP contribution in [0, 0.1) is 0 Å². The first-order valence-electron chi connectivity index (χ1n) is 6.55. The molecule has 1 N–H and O–H groups in total. The highest BCUT2D eigenvalue weighted by molar-refractivity contribution is 6.36. The molecule has 1 amide bonds. The van der Waals surface area contributed by atoms with Gasteiger partial charge in [0.15, 0.2) is 0 Å². The molecule has 0 bridgehead atoms. The molecule has 21 heavy (non-hydrogen) atoms. The molecule has 114 valence electrons. The zero-order valence-electron chi connectivity index (χ0n) is 11.2. The summed E-state index contributed by atoms with van der Waals surface area (Å²) < 4.78 is 5.24. The summed E-state index contributed by atoms with van der Waals surface area (Å²) >= 11 is 11.8. The van der Waals surface area contributed by atoms with Crippen LogP contribution in [0.5, 0.6) is 0 Å². The number of aliphatic carboxylic acids is 1. The third-order valence-electron chi connectivity index (χ3n) is 3.33. The van der Waals surface area contributed by atoms with Gasteiger partial charge in [0, 0.05) is 18.1 Å². The molecule has 1 heterocycles. The van der Waals surface area contributed by atoms with E-state index in [0.29, 0.717) is 41.5 Å². The molecule has 0 aromatic heterocycles. The van der Waals surface area contributed by atoms with E-state index in [1.54, 1.807) is 23.1 Å². The lowest BCUT2D eigenvalue weighted by Crippen LogP contribution is -2.41. The molecule has 1 fully saturated rings. The smallest absolute Gasteiger partial charge is 0.329 e. The number of carbonyl (C=O) groups excluding carboxylic acids is 1. The first-order valence-corrected chi connectivity index (χ1v) is 7.30. The lowest BCUT2D eigenvalue weighted by Gasteiger charge is -2.31. The molecule has 1 aromatic rings. The highest BCUT2D eigenvalue weighted by Gasteiger charge is 2.25. The molecule has 7 heteroatoms. The van der Waals surface area contributed by atoms with E-state index in [1.165, 1.54) is 0 Å². The fourth-order valence-corrected chi connectivity index (χ4v) is 2.74. The molecule has 0 atom stereocenters. The van der Waals surface area contributed by atoms with Crippen molar-refractivity contribution in [3.8, 4) is 0 Å². The molecular formula is C14H15Cl2NO4. The van der Waals surface area contributed by atoms with Crippen LogP contribution in [-0.4, -0.2) is 47.7 Å². The van der Waals surface area contributed by atoms with Crippen molar-refractivity contribution in [3.05, 3.63) is 33.8 Å². The number of rotatable bonds is 4. The number of carbonyl (C=O) groups is 2. The van der Waals surface area contributed by atoms with Crippen LogP contribution in [0.1, 0.15) is 23.2 Å².